The smallest absolute Gasteiger partial charge is 0.222 e. The average Bonchev–Trinajstić information content (AvgIpc) is 2.69. The number of rotatable bonds is 6. The summed E-state index contributed by atoms with van der Waals surface area (Å²) in [4.78, 5) is 16.1. The van der Waals surface area contributed by atoms with Crippen LogP contribution in [0.5, 0.6) is 0 Å². The van der Waals surface area contributed by atoms with E-state index in [1.807, 2.05) is 35.2 Å². The molecule has 2 atom stereocenters. The van der Waals surface area contributed by atoms with E-state index in [9.17, 15) is 23.4 Å². The van der Waals surface area contributed by atoms with Crippen molar-refractivity contribution in [3.63, 3.8) is 0 Å². The number of aliphatic hydroxyl groups excluding tert-OH is 1. The van der Waals surface area contributed by atoms with Gasteiger partial charge in [-0.25, -0.2) is 8.42 Å². The monoisotopic (exact) mass is 425 g/mol. The lowest BCUT2D eigenvalue weighted by Gasteiger charge is -2.45. The Morgan fingerprint density at radius 3 is 2.38 bits per heavy atom. The van der Waals surface area contributed by atoms with Crippen molar-refractivity contribution in [1.29, 1.82) is 0 Å². The van der Waals surface area contributed by atoms with Gasteiger partial charge in [-0.15, -0.1) is 0 Å². The fraction of sp³-hybridized carbons (Fsp3) is 0.650. The number of hydrogen-bond donors (Lipinski definition) is 2. The summed E-state index contributed by atoms with van der Waals surface area (Å²) in [6, 6.07) is 9.80. The Morgan fingerprint density at radius 2 is 1.79 bits per heavy atom. The Labute approximate surface area is 172 Å². The highest BCUT2D eigenvalue weighted by molar-refractivity contribution is 7.88. The summed E-state index contributed by atoms with van der Waals surface area (Å²) in [6.45, 7) is 2.60. The topological polar surface area (TPSA) is 101 Å². The lowest BCUT2D eigenvalue weighted by atomic mass is 9.87. The van der Waals surface area contributed by atoms with Crippen molar-refractivity contribution in [3.8, 4) is 0 Å². The minimum absolute atomic E-state index is 0.0169. The van der Waals surface area contributed by atoms with Gasteiger partial charge >= 0.3 is 0 Å². The van der Waals surface area contributed by atoms with Crippen LogP contribution in [0.4, 0.5) is 0 Å². The summed E-state index contributed by atoms with van der Waals surface area (Å²) in [5, 5.41) is 21.5. The van der Waals surface area contributed by atoms with Gasteiger partial charge in [0.1, 0.15) is 11.7 Å². The minimum Gasteiger partial charge on any atom is -0.388 e. The van der Waals surface area contributed by atoms with E-state index in [-0.39, 0.29) is 19.0 Å². The van der Waals surface area contributed by atoms with Crippen LogP contribution in [0.25, 0.3) is 0 Å². The highest BCUT2D eigenvalue weighted by atomic mass is 32.2. The second-order valence-electron chi connectivity index (χ2n) is 8.13. The molecule has 0 aromatic heterocycles. The highest BCUT2D eigenvalue weighted by Crippen LogP contribution is 2.25. The Morgan fingerprint density at radius 1 is 1.14 bits per heavy atom. The van der Waals surface area contributed by atoms with E-state index in [4.69, 9.17) is 0 Å². The molecule has 9 heteroatoms. The largest absolute Gasteiger partial charge is 0.388 e. The van der Waals surface area contributed by atoms with Gasteiger partial charge in [-0.3, -0.25) is 9.69 Å². The normalized spacial score (nSPS) is 27.1. The maximum Gasteiger partial charge on any atom is 0.222 e. The third-order valence-corrected chi connectivity index (χ3v) is 7.25. The first-order valence-electron chi connectivity index (χ1n) is 10.1. The van der Waals surface area contributed by atoms with Crippen LogP contribution in [0, 0.1) is 0 Å². The van der Waals surface area contributed by atoms with Crippen LogP contribution in [0.2, 0.25) is 0 Å². The van der Waals surface area contributed by atoms with Crippen LogP contribution >= 0.6 is 0 Å². The van der Waals surface area contributed by atoms with Crippen LogP contribution in [0.15, 0.2) is 30.3 Å². The number of likely N-dealkylation sites (tertiary alicyclic amines) is 1. The molecule has 0 unspecified atom stereocenters. The number of hydrogen-bond acceptors (Lipinski definition) is 6. The molecule has 2 N–H and O–H groups in total. The van der Waals surface area contributed by atoms with Crippen molar-refractivity contribution in [2.45, 2.75) is 31.0 Å². The number of sulfonamides is 1. The second-order valence-corrected chi connectivity index (χ2v) is 10.1. The minimum atomic E-state index is -3.20. The third-order valence-electron chi connectivity index (χ3n) is 5.95. The van der Waals surface area contributed by atoms with E-state index in [1.54, 1.807) is 4.90 Å². The van der Waals surface area contributed by atoms with Crippen molar-refractivity contribution in [1.82, 2.24) is 14.1 Å². The first-order chi connectivity index (χ1) is 13.7. The fourth-order valence-electron chi connectivity index (χ4n) is 4.04. The molecule has 8 nitrogen and oxygen atoms in total. The Balaban J connectivity index is 1.48. The lowest BCUT2D eigenvalue weighted by Crippen LogP contribution is -2.62. The van der Waals surface area contributed by atoms with Gasteiger partial charge in [0.25, 0.3) is 0 Å². The van der Waals surface area contributed by atoms with E-state index in [2.05, 4.69) is 0 Å². The molecular weight excluding hydrogens is 394 g/mol. The van der Waals surface area contributed by atoms with Crippen LogP contribution < -0.4 is 0 Å². The number of amides is 1. The van der Waals surface area contributed by atoms with Crippen molar-refractivity contribution in [2.24, 2.45) is 0 Å². The fourth-order valence-corrected chi connectivity index (χ4v) is 4.86. The molecule has 3 rings (SSSR count). The van der Waals surface area contributed by atoms with Crippen molar-refractivity contribution in [2.75, 3.05) is 52.1 Å². The van der Waals surface area contributed by atoms with Gasteiger partial charge in [-0.2, -0.15) is 4.31 Å². The maximum absolute atomic E-state index is 12.5. The molecule has 0 aliphatic carbocycles. The molecule has 2 heterocycles. The summed E-state index contributed by atoms with van der Waals surface area (Å²) in [7, 11) is -3.20. The number of aryl methyl sites for hydroxylation is 1. The van der Waals surface area contributed by atoms with E-state index >= 15 is 0 Å². The van der Waals surface area contributed by atoms with Crippen LogP contribution in [-0.4, -0.2) is 102 Å². The lowest BCUT2D eigenvalue weighted by molar-refractivity contribution is -0.154. The Bertz CT molecular complexity index is 796. The molecule has 29 heavy (non-hydrogen) atoms. The summed E-state index contributed by atoms with van der Waals surface area (Å²) in [5.74, 6) is -0.0169. The molecule has 2 saturated heterocycles. The molecule has 162 valence electrons. The van der Waals surface area contributed by atoms with Gasteiger partial charge in [-0.05, 0) is 18.4 Å². The molecule has 2 aliphatic heterocycles. The first-order valence-corrected chi connectivity index (χ1v) is 11.9. The van der Waals surface area contributed by atoms with Gasteiger partial charge in [-0.1, -0.05) is 30.3 Å². The number of β-amino-alcohol motifs (C(OH)–C–C–N with tert-alkyl or cyclic N) is 2. The summed E-state index contributed by atoms with van der Waals surface area (Å²) < 4.78 is 24.7. The average molecular weight is 426 g/mol. The number of nitrogens with zero attached hydrogens (tertiary/aromatic N) is 3. The zero-order chi connectivity index (χ0) is 21.1. The van der Waals surface area contributed by atoms with E-state index in [1.165, 1.54) is 10.6 Å². The van der Waals surface area contributed by atoms with E-state index in [0.717, 1.165) is 5.56 Å². The first kappa shape index (κ1) is 22.2. The Kier molecular flexibility index (Phi) is 6.95. The molecule has 0 radical (unpaired) electrons. The van der Waals surface area contributed by atoms with Crippen LogP contribution in [-0.2, 0) is 21.2 Å². The molecule has 1 aromatic rings. The zero-order valence-corrected chi connectivity index (χ0v) is 17.7. The molecule has 0 saturated carbocycles. The molecule has 2 aliphatic rings. The molecule has 2 fully saturated rings. The van der Waals surface area contributed by atoms with Gasteiger partial charge in [0, 0.05) is 52.2 Å². The van der Waals surface area contributed by atoms with Gasteiger partial charge in [0.05, 0.1) is 6.26 Å². The molecule has 1 amide bonds. The predicted octanol–water partition coefficient (Wildman–Crippen LogP) is -0.479. The molecule has 1 aromatic carbocycles. The predicted molar refractivity (Wildman–Crippen MR) is 110 cm³/mol. The maximum atomic E-state index is 12.5. The third kappa shape index (κ3) is 5.76. The summed E-state index contributed by atoms with van der Waals surface area (Å²) in [5.41, 5.74) is -0.188. The van der Waals surface area contributed by atoms with E-state index < -0.39 is 21.7 Å². The number of piperazine rings is 1. The molecule has 0 bridgehead atoms. The van der Waals surface area contributed by atoms with Crippen molar-refractivity contribution in [3.05, 3.63) is 35.9 Å². The van der Waals surface area contributed by atoms with Gasteiger partial charge in [0.15, 0.2) is 0 Å². The van der Waals surface area contributed by atoms with Gasteiger partial charge in [0.2, 0.25) is 15.9 Å². The number of carbonyl (C=O) groups is 1. The number of aliphatic hydroxyl groups is 2. The SMILES string of the molecule is CS(=O)(=O)N1CCN(C[C@@]2(O)CCN(C(=O)CCc3ccccc3)C[C@@H]2O)CC1. The molecule has 0 spiro atoms. The zero-order valence-electron chi connectivity index (χ0n) is 16.9. The highest BCUT2D eigenvalue weighted by Gasteiger charge is 2.43. The molecular formula is C20H31N3O5S. The quantitative estimate of drug-likeness (QED) is 0.639. The number of benzene rings is 1. The summed E-state index contributed by atoms with van der Waals surface area (Å²) in [6.07, 6.45) is 1.51. The van der Waals surface area contributed by atoms with Crippen LogP contribution in [0.1, 0.15) is 18.4 Å². The second kappa shape index (κ2) is 9.09. The standard InChI is InChI=1S/C20H31N3O5S/c1-29(27,28)23-13-11-21(12-14-23)16-20(26)9-10-22(15-18(20)24)19(25)8-7-17-5-3-2-4-6-17/h2-6,18,24,26H,7-16H2,1H3/t18-,20-/m0/s1. The van der Waals surface area contributed by atoms with Crippen molar-refractivity contribution >= 4 is 15.9 Å². The van der Waals surface area contributed by atoms with Gasteiger partial charge < -0.3 is 15.1 Å². The van der Waals surface area contributed by atoms with Crippen LogP contribution in [0.3, 0.4) is 0 Å². The number of piperidine rings is 1. The van der Waals surface area contributed by atoms with E-state index in [0.29, 0.717) is 52.0 Å². The Hall–Kier alpha value is -1.52. The number of carbonyl (C=O) groups excluding carboxylic acids is 1. The van der Waals surface area contributed by atoms with Crippen molar-refractivity contribution < 1.29 is 23.4 Å². The summed E-state index contributed by atoms with van der Waals surface area (Å²) >= 11 is 0.